The van der Waals surface area contributed by atoms with E-state index in [1.807, 2.05) is 20.8 Å². The Hall–Kier alpha value is -0.810. The second-order valence-corrected chi connectivity index (χ2v) is 8.58. The van der Waals surface area contributed by atoms with Gasteiger partial charge in [0.25, 0.3) is 0 Å². The van der Waals surface area contributed by atoms with Crippen molar-refractivity contribution in [1.82, 2.24) is 4.90 Å². The summed E-state index contributed by atoms with van der Waals surface area (Å²) < 4.78 is 5.57. The van der Waals surface area contributed by atoms with E-state index >= 15 is 0 Å². The number of carbonyl (C=O) groups is 1. The van der Waals surface area contributed by atoms with Crippen molar-refractivity contribution in [2.45, 2.75) is 88.5 Å². The second-order valence-electron chi connectivity index (χ2n) is 8.58. The van der Waals surface area contributed by atoms with Gasteiger partial charge in [-0.1, -0.05) is 12.8 Å². The largest absolute Gasteiger partial charge is 0.444 e. The first-order chi connectivity index (χ1) is 10.1. The molecule has 2 saturated heterocycles. The lowest BCUT2D eigenvalue weighted by molar-refractivity contribution is -0.124. The van der Waals surface area contributed by atoms with Gasteiger partial charge in [-0.3, -0.25) is 0 Å². The van der Waals surface area contributed by atoms with E-state index in [0.29, 0.717) is 12.5 Å². The smallest absolute Gasteiger partial charge is 0.410 e. The minimum absolute atomic E-state index is 0.101. The van der Waals surface area contributed by atoms with Crippen molar-refractivity contribution in [2.24, 2.45) is 11.7 Å². The van der Waals surface area contributed by atoms with Gasteiger partial charge in [0.1, 0.15) is 5.60 Å². The number of carbonyl (C=O) groups excluding carboxylic acids is 1. The molecule has 3 unspecified atom stereocenters. The molecule has 0 aromatic carbocycles. The summed E-state index contributed by atoms with van der Waals surface area (Å²) in [4.78, 5) is 14.4. The first kappa shape index (κ1) is 16.1. The zero-order valence-electron chi connectivity index (χ0n) is 14.1. The van der Waals surface area contributed by atoms with Crippen LogP contribution in [0.1, 0.15) is 65.7 Å². The maximum absolute atomic E-state index is 12.6. The van der Waals surface area contributed by atoms with Crippen molar-refractivity contribution in [3.05, 3.63) is 0 Å². The van der Waals surface area contributed by atoms with Crippen molar-refractivity contribution in [2.75, 3.05) is 6.54 Å². The highest BCUT2D eigenvalue weighted by atomic mass is 16.6. The van der Waals surface area contributed by atoms with Crippen molar-refractivity contribution in [3.63, 3.8) is 0 Å². The van der Waals surface area contributed by atoms with Gasteiger partial charge < -0.3 is 20.5 Å². The Labute approximate surface area is 133 Å². The van der Waals surface area contributed by atoms with Crippen LogP contribution in [0.15, 0.2) is 0 Å². The molecule has 0 aromatic heterocycles. The molecule has 2 heterocycles. The maximum Gasteiger partial charge on any atom is 0.410 e. The SMILES string of the molecule is CC(C)(C)OC(=O)N1CC2CCC1C(N)(C1(O)CCCC1)C2. The summed E-state index contributed by atoms with van der Waals surface area (Å²) in [5.41, 5.74) is 4.77. The van der Waals surface area contributed by atoms with E-state index in [2.05, 4.69) is 0 Å². The molecule has 2 aliphatic heterocycles. The predicted molar refractivity (Wildman–Crippen MR) is 84.4 cm³/mol. The fourth-order valence-electron chi connectivity index (χ4n) is 4.81. The zero-order chi connectivity index (χ0) is 16.2. The van der Waals surface area contributed by atoms with Crippen LogP contribution in [0.25, 0.3) is 0 Å². The Balaban J connectivity index is 1.84. The zero-order valence-corrected chi connectivity index (χ0v) is 14.1. The Morgan fingerprint density at radius 3 is 2.45 bits per heavy atom. The lowest BCUT2D eigenvalue weighted by atomic mass is 9.60. The number of piperidine rings is 2. The number of ether oxygens (including phenoxy) is 1. The molecule has 0 aromatic rings. The first-order valence-corrected chi connectivity index (χ1v) is 8.66. The van der Waals surface area contributed by atoms with E-state index in [1.54, 1.807) is 4.90 Å². The Morgan fingerprint density at radius 2 is 1.91 bits per heavy atom. The fourth-order valence-corrected chi connectivity index (χ4v) is 4.81. The molecular formula is C17H30N2O3. The van der Waals surface area contributed by atoms with Gasteiger partial charge in [0.2, 0.25) is 0 Å². The van der Waals surface area contributed by atoms with Crippen LogP contribution in [-0.4, -0.2) is 45.4 Å². The van der Waals surface area contributed by atoms with E-state index in [-0.39, 0.29) is 12.1 Å². The highest BCUT2D eigenvalue weighted by Gasteiger charge is 2.61. The van der Waals surface area contributed by atoms with Gasteiger partial charge in [0, 0.05) is 6.54 Å². The van der Waals surface area contributed by atoms with Crippen molar-refractivity contribution in [1.29, 1.82) is 0 Å². The number of nitrogens with two attached hydrogens (primary N) is 1. The summed E-state index contributed by atoms with van der Waals surface area (Å²) in [6.45, 7) is 6.36. The minimum Gasteiger partial charge on any atom is -0.444 e. The third-order valence-corrected chi connectivity index (χ3v) is 5.83. The van der Waals surface area contributed by atoms with E-state index < -0.39 is 16.7 Å². The average Bonchev–Trinajstić information content (AvgIpc) is 2.86. The summed E-state index contributed by atoms with van der Waals surface area (Å²) in [5, 5.41) is 11.1. The third-order valence-electron chi connectivity index (χ3n) is 5.83. The molecular weight excluding hydrogens is 280 g/mol. The quantitative estimate of drug-likeness (QED) is 0.780. The molecule has 2 saturated carbocycles. The van der Waals surface area contributed by atoms with Crippen LogP contribution in [-0.2, 0) is 4.74 Å². The summed E-state index contributed by atoms with van der Waals surface area (Å²) >= 11 is 0. The summed E-state index contributed by atoms with van der Waals surface area (Å²) in [6.07, 6.45) is 6.09. The predicted octanol–water partition coefficient (Wildman–Crippen LogP) is 2.41. The van der Waals surface area contributed by atoms with Gasteiger partial charge in [-0.05, 0) is 58.8 Å². The normalized spacial score (nSPS) is 37.4. The maximum atomic E-state index is 12.6. The molecule has 5 heteroatoms. The van der Waals surface area contributed by atoms with Crippen LogP contribution in [0.2, 0.25) is 0 Å². The number of rotatable bonds is 1. The van der Waals surface area contributed by atoms with E-state index in [0.717, 1.165) is 44.9 Å². The molecule has 4 fully saturated rings. The van der Waals surface area contributed by atoms with Gasteiger partial charge in [0.15, 0.2) is 0 Å². The fraction of sp³-hybridized carbons (Fsp3) is 0.941. The molecule has 22 heavy (non-hydrogen) atoms. The topological polar surface area (TPSA) is 75.8 Å². The van der Waals surface area contributed by atoms with Crippen LogP contribution in [0.4, 0.5) is 4.79 Å². The highest BCUT2D eigenvalue weighted by molar-refractivity contribution is 5.69. The Kier molecular flexibility index (Phi) is 3.72. The van der Waals surface area contributed by atoms with Crippen molar-refractivity contribution >= 4 is 6.09 Å². The lowest BCUT2D eigenvalue weighted by Gasteiger charge is -2.59. The van der Waals surface area contributed by atoms with Crippen LogP contribution >= 0.6 is 0 Å². The molecule has 4 aliphatic rings. The standard InChI is InChI=1S/C17H30N2O3/c1-15(2,3)22-14(20)19-11-12-6-7-13(19)17(18,10-12)16(21)8-4-5-9-16/h12-13,21H,4-11,18H2,1-3H3. The number of aliphatic hydroxyl groups is 1. The molecule has 1 amide bonds. The van der Waals surface area contributed by atoms with Crippen LogP contribution in [0, 0.1) is 5.92 Å². The van der Waals surface area contributed by atoms with E-state index in [4.69, 9.17) is 10.5 Å². The molecule has 0 radical (unpaired) electrons. The number of nitrogens with zero attached hydrogens (tertiary/aromatic N) is 1. The third kappa shape index (κ3) is 2.52. The Bertz CT molecular complexity index is 453. The molecule has 4 rings (SSSR count). The summed E-state index contributed by atoms with van der Waals surface area (Å²) in [7, 11) is 0. The monoisotopic (exact) mass is 310 g/mol. The number of amides is 1. The minimum atomic E-state index is -0.822. The van der Waals surface area contributed by atoms with Gasteiger partial charge in [-0.2, -0.15) is 0 Å². The molecule has 3 N–H and O–H groups in total. The number of hydrogen-bond donors (Lipinski definition) is 2. The van der Waals surface area contributed by atoms with E-state index in [9.17, 15) is 9.90 Å². The Morgan fingerprint density at radius 1 is 1.27 bits per heavy atom. The van der Waals surface area contributed by atoms with Crippen LogP contribution in [0.3, 0.4) is 0 Å². The summed E-state index contributed by atoms with van der Waals surface area (Å²) in [5.74, 6) is 0.382. The average molecular weight is 310 g/mol. The second kappa shape index (κ2) is 5.10. The molecule has 126 valence electrons. The molecule has 0 spiro atoms. The molecule has 5 nitrogen and oxygen atoms in total. The molecule has 2 aliphatic carbocycles. The molecule has 3 atom stereocenters. The first-order valence-electron chi connectivity index (χ1n) is 8.66. The van der Waals surface area contributed by atoms with Gasteiger partial charge >= 0.3 is 6.09 Å². The van der Waals surface area contributed by atoms with Crippen LogP contribution in [0.5, 0.6) is 0 Å². The number of hydrogen-bond acceptors (Lipinski definition) is 4. The van der Waals surface area contributed by atoms with Gasteiger partial charge in [-0.25, -0.2) is 4.79 Å². The van der Waals surface area contributed by atoms with Crippen molar-refractivity contribution in [3.8, 4) is 0 Å². The highest BCUT2D eigenvalue weighted by Crippen LogP contribution is 2.50. The van der Waals surface area contributed by atoms with Gasteiger partial charge in [0.05, 0.1) is 17.2 Å². The van der Waals surface area contributed by atoms with Crippen molar-refractivity contribution < 1.29 is 14.6 Å². The van der Waals surface area contributed by atoms with Crippen LogP contribution < -0.4 is 5.73 Å². The summed E-state index contributed by atoms with van der Waals surface area (Å²) in [6, 6.07) is -0.101. The lowest BCUT2D eigenvalue weighted by Crippen LogP contribution is -2.76. The molecule has 2 bridgehead atoms. The van der Waals surface area contributed by atoms with E-state index in [1.165, 1.54) is 0 Å². The number of fused-ring (bicyclic) bond motifs is 3. The van der Waals surface area contributed by atoms with Gasteiger partial charge in [-0.15, -0.1) is 0 Å².